The molecule has 0 aromatic carbocycles. The number of hydrazine groups is 1. The molecule has 0 atom stereocenters. The van der Waals surface area contributed by atoms with Crippen molar-refractivity contribution in [3.63, 3.8) is 0 Å². The van der Waals surface area contributed by atoms with Gasteiger partial charge in [0.05, 0.1) is 6.61 Å². The summed E-state index contributed by atoms with van der Waals surface area (Å²) in [7, 11) is 3.78. The first kappa shape index (κ1) is 13.7. The molecule has 0 saturated heterocycles. The molecule has 0 unspecified atom stereocenters. The number of hydrogen-bond acceptors (Lipinski definition) is 6. The molecule has 0 fully saturated rings. The van der Waals surface area contributed by atoms with Crippen molar-refractivity contribution in [2.45, 2.75) is 0 Å². The summed E-state index contributed by atoms with van der Waals surface area (Å²) < 4.78 is 5.01. The van der Waals surface area contributed by atoms with Crippen molar-refractivity contribution in [1.29, 1.82) is 0 Å². The van der Waals surface area contributed by atoms with Crippen LogP contribution in [0.4, 0.5) is 11.5 Å². The van der Waals surface area contributed by atoms with Crippen LogP contribution in [0.2, 0.25) is 0 Å². The molecule has 0 radical (unpaired) electrons. The molecule has 0 amide bonds. The number of likely N-dealkylation sites (N-methyl/N-ethyl adjacent to an activating group) is 1. The number of methoxy groups -OCH3 is 1. The minimum Gasteiger partial charge on any atom is -0.384 e. The van der Waals surface area contributed by atoms with E-state index in [1.54, 1.807) is 13.3 Å². The lowest BCUT2D eigenvalue weighted by molar-refractivity contribution is 0.163. The van der Waals surface area contributed by atoms with Gasteiger partial charge in [0.2, 0.25) is 0 Å². The van der Waals surface area contributed by atoms with Gasteiger partial charge in [-0.15, -0.1) is 0 Å². The van der Waals surface area contributed by atoms with E-state index in [9.17, 15) is 0 Å². The zero-order valence-electron chi connectivity index (χ0n) is 10.4. The standard InChI is InChI=1S/C11H21N5O/c1-16(7-8-17-2)6-5-13-10-3-4-14-11(9-10)15-12/h3-4,9H,5-8,12H2,1-2H3,(H2,13,14,15). The Morgan fingerprint density at radius 1 is 1.47 bits per heavy atom. The Balaban J connectivity index is 2.25. The largest absolute Gasteiger partial charge is 0.384 e. The zero-order chi connectivity index (χ0) is 12.5. The van der Waals surface area contributed by atoms with Crippen LogP contribution in [0.5, 0.6) is 0 Å². The van der Waals surface area contributed by atoms with E-state index in [0.29, 0.717) is 5.82 Å². The SMILES string of the molecule is COCCN(C)CCNc1ccnc(NN)c1. The van der Waals surface area contributed by atoms with E-state index in [1.807, 2.05) is 12.1 Å². The van der Waals surface area contributed by atoms with E-state index in [4.69, 9.17) is 10.6 Å². The number of aromatic nitrogens is 1. The molecular weight excluding hydrogens is 218 g/mol. The minimum atomic E-state index is 0.655. The fraction of sp³-hybridized carbons (Fsp3) is 0.545. The number of nitrogens with zero attached hydrogens (tertiary/aromatic N) is 2. The molecule has 0 aliphatic heterocycles. The van der Waals surface area contributed by atoms with Crippen molar-refractivity contribution < 1.29 is 4.74 Å². The van der Waals surface area contributed by atoms with E-state index in [1.165, 1.54) is 0 Å². The maximum atomic E-state index is 5.29. The predicted molar refractivity (Wildman–Crippen MR) is 69.9 cm³/mol. The number of nitrogens with one attached hydrogen (secondary N) is 2. The maximum Gasteiger partial charge on any atom is 0.141 e. The van der Waals surface area contributed by atoms with Gasteiger partial charge in [-0.3, -0.25) is 0 Å². The molecule has 4 N–H and O–H groups in total. The summed E-state index contributed by atoms with van der Waals surface area (Å²) in [6, 6.07) is 3.78. The molecule has 6 nitrogen and oxygen atoms in total. The molecule has 6 heteroatoms. The van der Waals surface area contributed by atoms with E-state index < -0.39 is 0 Å². The predicted octanol–water partition coefficient (Wildman–Crippen LogP) is 0.357. The topological polar surface area (TPSA) is 75.4 Å². The number of hydrogen-bond donors (Lipinski definition) is 3. The highest BCUT2D eigenvalue weighted by molar-refractivity contribution is 5.51. The van der Waals surface area contributed by atoms with E-state index >= 15 is 0 Å². The summed E-state index contributed by atoms with van der Waals surface area (Å²) in [5.74, 6) is 5.94. The average Bonchev–Trinajstić information content (AvgIpc) is 2.36. The van der Waals surface area contributed by atoms with E-state index in [0.717, 1.165) is 31.9 Å². The normalized spacial score (nSPS) is 10.6. The van der Waals surface area contributed by atoms with Crippen LogP contribution in [0.25, 0.3) is 0 Å². The van der Waals surface area contributed by atoms with E-state index in [2.05, 4.69) is 27.7 Å². The summed E-state index contributed by atoms with van der Waals surface area (Å²) in [4.78, 5) is 6.25. The maximum absolute atomic E-state index is 5.29. The smallest absolute Gasteiger partial charge is 0.141 e. The Hall–Kier alpha value is -1.37. The third-order valence-corrected chi connectivity index (χ3v) is 2.41. The van der Waals surface area contributed by atoms with Gasteiger partial charge in [-0.1, -0.05) is 0 Å². The van der Waals surface area contributed by atoms with E-state index in [-0.39, 0.29) is 0 Å². The molecule has 0 spiro atoms. The van der Waals surface area contributed by atoms with Gasteiger partial charge >= 0.3 is 0 Å². The van der Waals surface area contributed by atoms with Crippen molar-refractivity contribution in [2.24, 2.45) is 5.84 Å². The highest BCUT2D eigenvalue weighted by Crippen LogP contribution is 2.09. The molecule has 0 aliphatic carbocycles. The molecule has 1 heterocycles. The van der Waals surface area contributed by atoms with Gasteiger partial charge in [0.25, 0.3) is 0 Å². The summed E-state index contributed by atoms with van der Waals surface area (Å²) in [6.45, 7) is 3.52. The number of anilines is 2. The number of rotatable bonds is 8. The average molecular weight is 239 g/mol. The summed E-state index contributed by atoms with van der Waals surface area (Å²) in [5, 5.41) is 3.31. The van der Waals surface area contributed by atoms with Gasteiger partial charge in [-0.05, 0) is 13.1 Å². The third kappa shape index (κ3) is 5.48. The first-order valence-electron chi connectivity index (χ1n) is 5.60. The summed E-state index contributed by atoms with van der Waals surface area (Å²) in [6.07, 6.45) is 1.71. The van der Waals surface area contributed by atoms with Gasteiger partial charge in [0, 0.05) is 44.7 Å². The van der Waals surface area contributed by atoms with Crippen LogP contribution in [0.15, 0.2) is 18.3 Å². The van der Waals surface area contributed by atoms with Crippen molar-refractivity contribution in [1.82, 2.24) is 9.88 Å². The Bertz CT molecular complexity index is 320. The first-order valence-corrected chi connectivity index (χ1v) is 5.60. The molecule has 1 rings (SSSR count). The lowest BCUT2D eigenvalue weighted by atomic mass is 10.4. The fourth-order valence-electron chi connectivity index (χ4n) is 1.37. The zero-order valence-corrected chi connectivity index (χ0v) is 10.4. The molecule has 1 aromatic rings. The van der Waals surface area contributed by atoms with Crippen LogP contribution in [0.1, 0.15) is 0 Å². The van der Waals surface area contributed by atoms with Gasteiger partial charge in [0.1, 0.15) is 5.82 Å². The quantitative estimate of drug-likeness (QED) is 0.449. The Kier molecular flexibility index (Phi) is 6.31. The van der Waals surface area contributed by atoms with Crippen LogP contribution in [-0.4, -0.2) is 50.3 Å². The number of nitrogen functional groups attached to an aromatic ring is 1. The second-order valence-corrected chi connectivity index (χ2v) is 3.80. The third-order valence-electron chi connectivity index (χ3n) is 2.41. The second-order valence-electron chi connectivity index (χ2n) is 3.80. The second kappa shape index (κ2) is 7.83. The minimum absolute atomic E-state index is 0.655. The van der Waals surface area contributed by atoms with Crippen LogP contribution < -0.4 is 16.6 Å². The molecule has 0 saturated carbocycles. The lowest BCUT2D eigenvalue weighted by Crippen LogP contribution is -2.28. The summed E-state index contributed by atoms with van der Waals surface area (Å²) in [5.41, 5.74) is 3.52. The van der Waals surface area contributed by atoms with Gasteiger partial charge in [0.15, 0.2) is 0 Å². The summed E-state index contributed by atoms with van der Waals surface area (Å²) >= 11 is 0. The van der Waals surface area contributed by atoms with Crippen molar-refractivity contribution >= 4 is 11.5 Å². The van der Waals surface area contributed by atoms with Crippen molar-refractivity contribution in [3.8, 4) is 0 Å². The highest BCUT2D eigenvalue weighted by atomic mass is 16.5. The molecule has 96 valence electrons. The van der Waals surface area contributed by atoms with Crippen molar-refractivity contribution in [3.05, 3.63) is 18.3 Å². The highest BCUT2D eigenvalue weighted by Gasteiger charge is 1.98. The van der Waals surface area contributed by atoms with Crippen LogP contribution in [-0.2, 0) is 4.74 Å². The van der Waals surface area contributed by atoms with Crippen LogP contribution in [0.3, 0.4) is 0 Å². The molecule has 1 aromatic heterocycles. The molecular formula is C11H21N5O. The number of ether oxygens (including phenoxy) is 1. The Morgan fingerprint density at radius 2 is 2.29 bits per heavy atom. The monoisotopic (exact) mass is 239 g/mol. The van der Waals surface area contributed by atoms with Gasteiger partial charge in [-0.2, -0.15) is 0 Å². The Labute approximate surface area is 102 Å². The molecule has 0 aliphatic rings. The number of pyridine rings is 1. The van der Waals surface area contributed by atoms with Crippen LogP contribution >= 0.6 is 0 Å². The fourth-order valence-corrected chi connectivity index (χ4v) is 1.37. The molecule has 17 heavy (non-hydrogen) atoms. The van der Waals surface area contributed by atoms with Gasteiger partial charge in [-0.25, -0.2) is 10.8 Å². The van der Waals surface area contributed by atoms with Gasteiger partial charge < -0.3 is 20.4 Å². The van der Waals surface area contributed by atoms with Crippen LogP contribution in [0, 0.1) is 0 Å². The Morgan fingerprint density at radius 3 is 3.00 bits per heavy atom. The lowest BCUT2D eigenvalue weighted by Gasteiger charge is -2.16. The number of nitrogens with two attached hydrogens (primary N) is 1. The first-order chi connectivity index (χ1) is 8.26. The molecule has 0 bridgehead atoms. The van der Waals surface area contributed by atoms with Crippen molar-refractivity contribution in [2.75, 3.05) is 51.1 Å².